The molecule has 0 unspecified atom stereocenters. The third kappa shape index (κ3) is 10.1. The molecule has 0 fully saturated rings. The van der Waals surface area contributed by atoms with Gasteiger partial charge in [0, 0.05) is 17.0 Å². The number of benzene rings is 2. The number of unbranched alkanes of at least 4 members (excludes halogenated alkanes) is 6. The Morgan fingerprint density at radius 3 is 2.34 bits per heavy atom. The molecule has 0 saturated carbocycles. The van der Waals surface area contributed by atoms with E-state index in [9.17, 15) is 0 Å². The molecule has 2 aromatic rings. The Hall–Kier alpha value is -1.57. The largest absolute Gasteiger partial charge is 0.166 e. The van der Waals surface area contributed by atoms with Gasteiger partial charge in [0.2, 0.25) is 0 Å². The van der Waals surface area contributed by atoms with Crippen molar-refractivity contribution in [2.24, 2.45) is 0 Å². The number of allylic oxidation sites excluding steroid dienone is 1. The lowest BCUT2D eigenvalue weighted by Gasteiger charge is -2.11. The summed E-state index contributed by atoms with van der Waals surface area (Å²) in [5.41, 5.74) is 3.99. The van der Waals surface area contributed by atoms with Crippen LogP contribution in [0.1, 0.15) is 75.5 Å². The van der Waals surface area contributed by atoms with E-state index in [4.69, 9.17) is 11.6 Å². The van der Waals surface area contributed by atoms with Gasteiger partial charge in [-0.2, -0.15) is 4.90 Å². The van der Waals surface area contributed by atoms with Gasteiger partial charge in [-0.3, -0.25) is 0 Å². The van der Waals surface area contributed by atoms with Crippen molar-refractivity contribution in [3.63, 3.8) is 0 Å². The molecule has 2 heteroatoms. The van der Waals surface area contributed by atoms with Crippen molar-refractivity contribution < 1.29 is 0 Å². The molecule has 0 saturated heterocycles. The third-order valence-corrected chi connectivity index (χ3v) is 5.71. The molecule has 0 heterocycles. The van der Waals surface area contributed by atoms with Crippen LogP contribution in [-0.4, -0.2) is 13.1 Å². The Balaban J connectivity index is 1.71. The predicted molar refractivity (Wildman–Crippen MR) is 130 cm³/mol. The Morgan fingerprint density at radius 1 is 0.862 bits per heavy atom. The fraction of sp³-hybridized carbons (Fsp3) is 0.481. The van der Waals surface area contributed by atoms with Crippen molar-refractivity contribution in [1.29, 1.82) is 0 Å². The number of halogens is 1. The molecule has 0 aromatic heterocycles. The molecule has 1 radical (unpaired) electrons. The van der Waals surface area contributed by atoms with Crippen LogP contribution in [0.3, 0.4) is 0 Å². The van der Waals surface area contributed by atoms with Gasteiger partial charge in [0.05, 0.1) is 0 Å². The fourth-order valence-corrected chi connectivity index (χ4v) is 3.80. The quantitative estimate of drug-likeness (QED) is 0.219. The summed E-state index contributed by atoms with van der Waals surface area (Å²) in [6, 6.07) is 17.2. The van der Waals surface area contributed by atoms with Crippen LogP contribution in [0.25, 0.3) is 6.08 Å². The van der Waals surface area contributed by atoms with Crippen molar-refractivity contribution in [3.8, 4) is 0 Å². The van der Waals surface area contributed by atoms with E-state index < -0.39 is 0 Å². The highest BCUT2D eigenvalue weighted by molar-refractivity contribution is 6.30. The second-order valence-electron chi connectivity index (χ2n) is 7.95. The summed E-state index contributed by atoms with van der Waals surface area (Å²) in [6.07, 6.45) is 15.0. The van der Waals surface area contributed by atoms with Gasteiger partial charge in [0.15, 0.2) is 0 Å². The van der Waals surface area contributed by atoms with Crippen molar-refractivity contribution in [2.45, 2.75) is 71.8 Å². The molecule has 0 bridgehead atoms. The van der Waals surface area contributed by atoms with Crippen LogP contribution in [0.4, 0.5) is 0 Å². The first kappa shape index (κ1) is 23.7. The number of likely N-dealkylation sites (N-methyl/N-ethyl adjacent to an activating group) is 1. The molecule has 0 N–H and O–H groups in total. The molecule has 2 rings (SSSR count). The molecular weight excluding hydrogens is 374 g/mol. The van der Waals surface area contributed by atoms with Crippen molar-refractivity contribution in [2.75, 3.05) is 13.1 Å². The molecule has 2 aromatic carbocycles. The molecule has 29 heavy (non-hydrogen) atoms. The van der Waals surface area contributed by atoms with Crippen LogP contribution in [-0.2, 0) is 13.0 Å². The zero-order valence-corrected chi connectivity index (χ0v) is 19.1. The van der Waals surface area contributed by atoms with Crippen LogP contribution < -0.4 is 4.90 Å². The monoisotopic (exact) mass is 411 g/mol. The summed E-state index contributed by atoms with van der Waals surface area (Å²) >= 11 is 6.10. The maximum Gasteiger partial charge on any atom is 0.148 e. The van der Waals surface area contributed by atoms with Crippen LogP contribution in [0.15, 0.2) is 54.6 Å². The Kier molecular flexibility index (Phi) is 11.8. The maximum absolute atomic E-state index is 6.10. The average Bonchev–Trinajstić information content (AvgIpc) is 2.74. The number of nitrogens with zero attached hydrogens (tertiary/aromatic N) is 1. The third-order valence-electron chi connectivity index (χ3n) is 5.47. The summed E-state index contributed by atoms with van der Waals surface area (Å²) in [5.74, 6) is 0. The van der Waals surface area contributed by atoms with Crippen LogP contribution in [0.5, 0.6) is 0 Å². The molecule has 0 atom stereocenters. The average molecular weight is 412 g/mol. The molecule has 0 aliphatic carbocycles. The highest BCUT2D eigenvalue weighted by Gasteiger charge is 2.13. The summed E-state index contributed by atoms with van der Waals surface area (Å²) in [6.45, 7) is 7.61. The minimum absolute atomic E-state index is 0.825. The number of hydrogen-bond donors (Lipinski definition) is 0. The minimum Gasteiger partial charge on any atom is -0.166 e. The Labute approximate surface area is 183 Å². The molecule has 157 valence electrons. The van der Waals surface area contributed by atoms with E-state index in [0.29, 0.717) is 0 Å². The van der Waals surface area contributed by atoms with Crippen molar-refractivity contribution >= 4 is 17.7 Å². The van der Waals surface area contributed by atoms with Gasteiger partial charge in [0.25, 0.3) is 0 Å². The van der Waals surface area contributed by atoms with Gasteiger partial charge in [-0.05, 0) is 43.0 Å². The second kappa shape index (κ2) is 14.4. The van der Waals surface area contributed by atoms with E-state index in [2.05, 4.69) is 67.3 Å². The SMILES string of the molecule is CCCCCCCC/C=C\c1ccc(C[N+](CC)CCc2cccc(Cl)c2)cc1. The Bertz CT molecular complexity index is 705. The van der Waals surface area contributed by atoms with Gasteiger partial charge in [-0.15, -0.1) is 0 Å². The molecule has 1 nitrogen and oxygen atoms in total. The van der Waals surface area contributed by atoms with Crippen LogP contribution >= 0.6 is 11.6 Å². The lowest BCUT2D eigenvalue weighted by atomic mass is 10.1. The summed E-state index contributed by atoms with van der Waals surface area (Å²) in [4.78, 5) is 2.49. The Morgan fingerprint density at radius 2 is 1.62 bits per heavy atom. The molecule has 0 aliphatic heterocycles. The normalized spacial score (nSPS) is 11.6. The van der Waals surface area contributed by atoms with Crippen LogP contribution in [0.2, 0.25) is 5.02 Å². The van der Waals surface area contributed by atoms with Gasteiger partial charge in [-0.25, -0.2) is 0 Å². The molecular formula is C27H38ClN+. The van der Waals surface area contributed by atoms with Crippen molar-refractivity contribution in [3.05, 3.63) is 76.3 Å². The first-order chi connectivity index (χ1) is 14.2. The van der Waals surface area contributed by atoms with Gasteiger partial charge in [-0.1, -0.05) is 99.2 Å². The molecule has 0 aliphatic rings. The summed E-state index contributed by atoms with van der Waals surface area (Å²) < 4.78 is 0. The zero-order chi connectivity index (χ0) is 20.7. The van der Waals surface area contributed by atoms with E-state index in [1.54, 1.807) is 0 Å². The zero-order valence-electron chi connectivity index (χ0n) is 18.4. The van der Waals surface area contributed by atoms with Gasteiger partial charge >= 0.3 is 0 Å². The van der Waals surface area contributed by atoms with Gasteiger partial charge < -0.3 is 0 Å². The fourth-order valence-electron chi connectivity index (χ4n) is 3.58. The lowest BCUT2D eigenvalue weighted by Crippen LogP contribution is -2.31. The van der Waals surface area contributed by atoms with Crippen molar-refractivity contribution in [1.82, 2.24) is 4.90 Å². The highest BCUT2D eigenvalue weighted by atomic mass is 35.5. The minimum atomic E-state index is 0.825. The lowest BCUT2D eigenvalue weighted by molar-refractivity contribution is 0.423. The van der Waals surface area contributed by atoms with Gasteiger partial charge in [0.1, 0.15) is 19.6 Å². The first-order valence-electron chi connectivity index (χ1n) is 11.4. The number of rotatable bonds is 14. The summed E-state index contributed by atoms with van der Waals surface area (Å²) in [5, 5.41) is 0.825. The summed E-state index contributed by atoms with van der Waals surface area (Å²) in [7, 11) is 0. The standard InChI is InChI=1S/C27H38ClN/c1-3-5-6-7-8-9-10-11-13-24-16-18-26(19-17-24)23-29(4-2)21-20-25-14-12-15-27(28)22-25/h11-19,22H,3-10,20-21,23H2,1-2H3/q+1/b13-11-. The van der Waals surface area contributed by atoms with E-state index in [-0.39, 0.29) is 0 Å². The van der Waals surface area contributed by atoms with E-state index >= 15 is 0 Å². The molecule has 0 spiro atoms. The van der Waals surface area contributed by atoms with Crippen LogP contribution in [0, 0.1) is 0 Å². The predicted octanol–water partition coefficient (Wildman–Crippen LogP) is 8.01. The number of hydrogen-bond acceptors (Lipinski definition) is 1. The first-order valence-corrected chi connectivity index (χ1v) is 11.8. The van der Waals surface area contributed by atoms with E-state index in [1.165, 1.54) is 61.6 Å². The molecule has 0 amide bonds. The van der Waals surface area contributed by atoms with E-state index in [0.717, 1.165) is 31.1 Å². The maximum atomic E-state index is 6.10. The smallest absolute Gasteiger partial charge is 0.148 e. The second-order valence-corrected chi connectivity index (χ2v) is 8.39. The topological polar surface area (TPSA) is 5.90 Å². The van der Waals surface area contributed by atoms with E-state index in [1.807, 2.05) is 12.1 Å². The highest BCUT2D eigenvalue weighted by Crippen LogP contribution is 2.13.